The summed E-state index contributed by atoms with van der Waals surface area (Å²) in [4.78, 5) is 36.8. The van der Waals surface area contributed by atoms with Crippen molar-refractivity contribution in [2.75, 3.05) is 18.4 Å². The highest BCUT2D eigenvalue weighted by atomic mass is 32.1. The molecule has 5 rings (SSSR count). The quantitative estimate of drug-likeness (QED) is 0.469. The van der Waals surface area contributed by atoms with Crippen molar-refractivity contribution in [3.8, 4) is 0 Å². The van der Waals surface area contributed by atoms with Crippen molar-refractivity contribution in [1.29, 1.82) is 0 Å². The third-order valence-corrected chi connectivity index (χ3v) is 7.02. The van der Waals surface area contributed by atoms with E-state index < -0.39 is 0 Å². The predicted molar refractivity (Wildman–Crippen MR) is 120 cm³/mol. The number of aromatic amines is 2. The molecule has 0 saturated carbocycles. The Morgan fingerprint density at radius 1 is 1.23 bits per heavy atom. The third kappa shape index (κ3) is 3.64. The molecule has 1 aliphatic heterocycles. The number of nitrogens with one attached hydrogen (secondary N) is 3. The van der Waals surface area contributed by atoms with Gasteiger partial charge in [-0.3, -0.25) is 9.69 Å². The Hall–Kier alpha value is -2.97. The largest absolute Gasteiger partial charge is 0.325 e. The van der Waals surface area contributed by atoms with Gasteiger partial charge in [0, 0.05) is 18.2 Å². The number of thiazole rings is 1. The number of hydrogen-bond acceptors (Lipinski definition) is 5. The van der Waals surface area contributed by atoms with Crippen molar-refractivity contribution >= 4 is 44.2 Å². The maximum Gasteiger partial charge on any atom is 0.323 e. The number of imidazole rings is 1. The van der Waals surface area contributed by atoms with Gasteiger partial charge < -0.3 is 15.3 Å². The normalized spacial score (nSPS) is 18.6. The average molecular weight is 422 g/mol. The molecule has 7 nitrogen and oxygen atoms in total. The van der Waals surface area contributed by atoms with Crippen LogP contribution < -0.4 is 11.0 Å². The van der Waals surface area contributed by atoms with Crippen LogP contribution in [0.1, 0.15) is 30.7 Å². The van der Waals surface area contributed by atoms with E-state index >= 15 is 0 Å². The van der Waals surface area contributed by atoms with Crippen LogP contribution in [0.3, 0.4) is 0 Å². The fourth-order valence-corrected chi connectivity index (χ4v) is 5.24. The lowest BCUT2D eigenvalue weighted by Crippen LogP contribution is -2.46. The molecule has 1 saturated heterocycles. The predicted octanol–water partition coefficient (Wildman–Crippen LogP) is 3.67. The van der Waals surface area contributed by atoms with Gasteiger partial charge in [-0.15, -0.1) is 11.3 Å². The number of carbonyl (C=O) groups excluding carboxylic acids is 1. The monoisotopic (exact) mass is 421 g/mol. The minimum atomic E-state index is -0.254. The first kappa shape index (κ1) is 19.0. The number of benzene rings is 2. The number of para-hydroxylation sites is 1. The second-order valence-electron chi connectivity index (χ2n) is 7.86. The Balaban J connectivity index is 1.28. The summed E-state index contributed by atoms with van der Waals surface area (Å²) in [5, 5.41) is 4.15. The number of hydrogen-bond donors (Lipinski definition) is 3. The van der Waals surface area contributed by atoms with Crippen LogP contribution in [0.4, 0.5) is 5.69 Å². The van der Waals surface area contributed by atoms with Crippen molar-refractivity contribution in [3.05, 3.63) is 58.0 Å². The number of anilines is 1. The SMILES string of the molecule is C[C@H](C(=O)Nc1ccc2[nH]c(=O)[nH]c2c1)N1CCC[C@H](c2nc3ccccc3s2)C1. The Kier molecular flexibility index (Phi) is 4.88. The van der Waals surface area contributed by atoms with E-state index in [4.69, 9.17) is 4.98 Å². The van der Waals surface area contributed by atoms with Gasteiger partial charge in [0.25, 0.3) is 0 Å². The van der Waals surface area contributed by atoms with Gasteiger partial charge in [-0.05, 0) is 56.6 Å². The molecule has 1 fully saturated rings. The Morgan fingerprint density at radius 2 is 2.07 bits per heavy atom. The molecule has 154 valence electrons. The van der Waals surface area contributed by atoms with Gasteiger partial charge in [-0.1, -0.05) is 12.1 Å². The Bertz CT molecular complexity index is 1240. The van der Waals surface area contributed by atoms with E-state index in [-0.39, 0.29) is 17.6 Å². The van der Waals surface area contributed by atoms with Gasteiger partial charge in [0.15, 0.2) is 0 Å². The fraction of sp³-hybridized carbons (Fsp3) is 0.318. The molecule has 1 aliphatic rings. The van der Waals surface area contributed by atoms with Crippen molar-refractivity contribution in [2.45, 2.75) is 31.7 Å². The van der Waals surface area contributed by atoms with Crippen LogP contribution >= 0.6 is 11.3 Å². The standard InChI is InChI=1S/C22H23N5O2S/c1-13(20(28)23-15-8-9-16-18(11-15)26-22(29)25-16)27-10-4-5-14(12-27)21-24-17-6-2-3-7-19(17)30-21/h2-3,6-9,11,13-14H,4-5,10,12H2,1H3,(H,23,28)(H2,25,26,29)/t13-,14+/m1/s1. The Morgan fingerprint density at radius 3 is 2.93 bits per heavy atom. The number of fused-ring (bicyclic) bond motifs is 2. The molecule has 0 bridgehead atoms. The molecule has 4 aromatic rings. The molecule has 30 heavy (non-hydrogen) atoms. The van der Waals surface area contributed by atoms with E-state index in [1.807, 2.05) is 19.1 Å². The van der Waals surface area contributed by atoms with Gasteiger partial charge in [0.05, 0.1) is 32.3 Å². The van der Waals surface area contributed by atoms with Crippen LogP contribution in [0.15, 0.2) is 47.3 Å². The first-order valence-electron chi connectivity index (χ1n) is 10.2. The molecule has 2 aromatic heterocycles. The first-order chi connectivity index (χ1) is 14.6. The summed E-state index contributed by atoms with van der Waals surface area (Å²) in [6.07, 6.45) is 2.15. The van der Waals surface area contributed by atoms with Crippen LogP contribution in [-0.2, 0) is 4.79 Å². The maximum atomic E-state index is 12.9. The lowest BCUT2D eigenvalue weighted by molar-refractivity contribution is -0.121. The van der Waals surface area contributed by atoms with Crippen LogP contribution in [0.25, 0.3) is 21.3 Å². The van der Waals surface area contributed by atoms with E-state index in [1.54, 1.807) is 29.5 Å². The number of aromatic nitrogens is 3. The molecule has 3 N–H and O–H groups in total. The van der Waals surface area contributed by atoms with Gasteiger partial charge in [-0.25, -0.2) is 9.78 Å². The van der Waals surface area contributed by atoms with Crippen molar-refractivity contribution in [1.82, 2.24) is 19.9 Å². The first-order valence-corrected chi connectivity index (χ1v) is 11.0. The van der Waals surface area contributed by atoms with Gasteiger partial charge in [0.2, 0.25) is 5.91 Å². The molecular weight excluding hydrogens is 398 g/mol. The van der Waals surface area contributed by atoms with E-state index in [1.165, 1.54) is 4.70 Å². The summed E-state index contributed by atoms with van der Waals surface area (Å²) in [7, 11) is 0. The van der Waals surface area contributed by atoms with Crippen molar-refractivity contribution in [3.63, 3.8) is 0 Å². The zero-order chi connectivity index (χ0) is 20.7. The zero-order valence-corrected chi connectivity index (χ0v) is 17.5. The van der Waals surface area contributed by atoms with Crippen LogP contribution in [0.5, 0.6) is 0 Å². The molecule has 3 heterocycles. The summed E-state index contributed by atoms with van der Waals surface area (Å²) in [5.41, 5.74) is 2.88. The van der Waals surface area contributed by atoms with Crippen molar-refractivity contribution in [2.24, 2.45) is 0 Å². The number of nitrogens with zero attached hydrogens (tertiary/aromatic N) is 2. The summed E-state index contributed by atoms with van der Waals surface area (Å²) in [6.45, 7) is 3.69. The molecule has 0 radical (unpaired) electrons. The van der Waals surface area contributed by atoms with E-state index in [0.29, 0.717) is 17.1 Å². The smallest absolute Gasteiger partial charge is 0.323 e. The molecule has 0 spiro atoms. The summed E-state index contributed by atoms with van der Waals surface area (Å²) < 4.78 is 1.22. The molecule has 2 atom stereocenters. The number of piperidine rings is 1. The molecule has 8 heteroatoms. The lowest BCUT2D eigenvalue weighted by Gasteiger charge is -2.35. The van der Waals surface area contributed by atoms with E-state index in [0.717, 1.165) is 42.0 Å². The van der Waals surface area contributed by atoms with Crippen LogP contribution in [-0.4, -0.2) is 44.9 Å². The molecule has 0 aliphatic carbocycles. The second-order valence-corrected chi connectivity index (χ2v) is 8.92. The highest BCUT2D eigenvalue weighted by Crippen LogP contribution is 2.33. The van der Waals surface area contributed by atoms with Crippen LogP contribution in [0, 0.1) is 0 Å². The van der Waals surface area contributed by atoms with Gasteiger partial charge >= 0.3 is 5.69 Å². The molecule has 0 unspecified atom stereocenters. The molecule has 1 amide bonds. The van der Waals surface area contributed by atoms with Crippen LogP contribution in [0.2, 0.25) is 0 Å². The Labute approximate surface area is 177 Å². The van der Waals surface area contributed by atoms with E-state index in [2.05, 4.69) is 32.3 Å². The lowest BCUT2D eigenvalue weighted by atomic mass is 9.97. The average Bonchev–Trinajstić information content (AvgIpc) is 3.35. The van der Waals surface area contributed by atoms with Gasteiger partial charge in [-0.2, -0.15) is 0 Å². The number of likely N-dealkylation sites (tertiary alicyclic amines) is 1. The number of carbonyl (C=O) groups is 1. The topological polar surface area (TPSA) is 93.9 Å². The fourth-order valence-electron chi connectivity index (χ4n) is 4.15. The summed E-state index contributed by atoms with van der Waals surface area (Å²) in [6, 6.07) is 13.4. The second kappa shape index (κ2) is 7.70. The molecule has 2 aromatic carbocycles. The minimum absolute atomic E-state index is 0.0443. The van der Waals surface area contributed by atoms with Gasteiger partial charge in [0.1, 0.15) is 0 Å². The third-order valence-electron chi connectivity index (χ3n) is 5.82. The number of rotatable bonds is 4. The minimum Gasteiger partial charge on any atom is -0.325 e. The molecular formula is C22H23N5O2S. The highest BCUT2D eigenvalue weighted by molar-refractivity contribution is 7.18. The number of amides is 1. The maximum absolute atomic E-state index is 12.9. The number of H-pyrrole nitrogens is 2. The zero-order valence-electron chi connectivity index (χ0n) is 16.6. The highest BCUT2D eigenvalue weighted by Gasteiger charge is 2.29. The van der Waals surface area contributed by atoms with Crippen molar-refractivity contribution < 1.29 is 4.79 Å². The van der Waals surface area contributed by atoms with E-state index in [9.17, 15) is 9.59 Å². The summed E-state index contributed by atoms with van der Waals surface area (Å²) >= 11 is 1.76. The summed E-state index contributed by atoms with van der Waals surface area (Å²) in [5.74, 6) is 0.310.